The van der Waals surface area contributed by atoms with Crippen molar-refractivity contribution in [3.8, 4) is 17.5 Å². The third-order valence-electron chi connectivity index (χ3n) is 5.97. The molecule has 0 bridgehead atoms. The molecule has 0 spiro atoms. The van der Waals surface area contributed by atoms with Gasteiger partial charge >= 0.3 is 17.8 Å². The Labute approximate surface area is 204 Å². The minimum Gasteiger partial charge on any atom is -0.327 e. The third kappa shape index (κ3) is 4.45. The predicted octanol–water partition coefficient (Wildman–Crippen LogP) is 0.704. The lowest BCUT2D eigenvalue weighted by Gasteiger charge is -2.40. The number of hydroxylamine groups is 1. The molecule has 1 aromatic heterocycles. The summed E-state index contributed by atoms with van der Waals surface area (Å²) in [5.74, 6) is 2.82. The van der Waals surface area contributed by atoms with E-state index in [2.05, 4.69) is 17.2 Å². The van der Waals surface area contributed by atoms with Crippen molar-refractivity contribution in [3.63, 3.8) is 0 Å². The van der Waals surface area contributed by atoms with Crippen LogP contribution in [-0.4, -0.2) is 65.2 Å². The molecular formula is C23H25F3N6O4. The van der Waals surface area contributed by atoms with Crippen LogP contribution < -0.4 is 26.5 Å². The quantitative estimate of drug-likeness (QED) is 0.607. The summed E-state index contributed by atoms with van der Waals surface area (Å²) in [7, 11) is 1.28. The average molecular weight is 506 g/mol. The zero-order valence-electron chi connectivity index (χ0n) is 19.9. The van der Waals surface area contributed by atoms with E-state index in [1.165, 1.54) is 11.9 Å². The standard InChI is InChI=1S/C23H25F3N6O4/c1-4-5-11-30-17-18(31(22(35)28(3)19(17)33)16-8-6-7-15(2)14-16)32(36-20(34)23(24,25)26)21(30)29-12-9-27-10-13-29/h6-8,14,21,27H,9-13H2,1-3H3. The van der Waals surface area contributed by atoms with Crippen molar-refractivity contribution in [1.82, 2.24) is 19.4 Å². The van der Waals surface area contributed by atoms with Crippen LogP contribution in [0.15, 0.2) is 33.9 Å². The average Bonchev–Trinajstić information content (AvgIpc) is 3.15. The van der Waals surface area contributed by atoms with Crippen LogP contribution in [0.5, 0.6) is 0 Å². The van der Waals surface area contributed by atoms with Gasteiger partial charge in [-0.05, 0) is 31.5 Å². The van der Waals surface area contributed by atoms with E-state index in [0.29, 0.717) is 31.9 Å². The van der Waals surface area contributed by atoms with Gasteiger partial charge in [0.2, 0.25) is 0 Å². The van der Waals surface area contributed by atoms with Crippen molar-refractivity contribution >= 4 is 17.5 Å². The van der Waals surface area contributed by atoms with Gasteiger partial charge in [-0.1, -0.05) is 18.1 Å². The molecule has 10 nitrogen and oxygen atoms in total. The second-order valence-corrected chi connectivity index (χ2v) is 8.38. The molecule has 0 amide bonds. The maximum absolute atomic E-state index is 13.4. The minimum absolute atomic E-state index is 0.0561. The highest BCUT2D eigenvalue weighted by Crippen LogP contribution is 2.39. The number of alkyl halides is 3. The SMILES string of the molecule is CC#CCN1c2c(n(-c3cccc(C)c3)c(=O)n(C)c2=O)N(OC(=O)C(F)(F)F)C1N1CCNCC1. The molecule has 2 aliphatic rings. The summed E-state index contributed by atoms with van der Waals surface area (Å²) in [6.07, 6.45) is -6.45. The Balaban J connectivity index is 2.04. The Kier molecular flexibility index (Phi) is 6.83. The first-order chi connectivity index (χ1) is 17.1. The van der Waals surface area contributed by atoms with Crippen molar-refractivity contribution in [2.75, 3.05) is 42.7 Å². The number of piperazine rings is 1. The van der Waals surface area contributed by atoms with Crippen LogP contribution in [0.3, 0.4) is 0 Å². The number of hydrogen-bond donors (Lipinski definition) is 1. The van der Waals surface area contributed by atoms with Gasteiger partial charge in [0.25, 0.3) is 5.56 Å². The summed E-state index contributed by atoms with van der Waals surface area (Å²) in [5.41, 5.74) is -0.587. The van der Waals surface area contributed by atoms with Crippen molar-refractivity contribution < 1.29 is 22.8 Å². The predicted molar refractivity (Wildman–Crippen MR) is 126 cm³/mol. The smallest absolute Gasteiger partial charge is 0.327 e. The second-order valence-electron chi connectivity index (χ2n) is 8.38. The van der Waals surface area contributed by atoms with Gasteiger partial charge < -0.3 is 15.1 Å². The van der Waals surface area contributed by atoms with E-state index >= 15 is 0 Å². The topological polar surface area (TPSA) is 92.0 Å². The third-order valence-corrected chi connectivity index (χ3v) is 5.97. The van der Waals surface area contributed by atoms with Gasteiger partial charge in [0, 0.05) is 33.2 Å². The minimum atomic E-state index is -5.31. The molecule has 1 aromatic carbocycles. The normalized spacial score (nSPS) is 18.0. The number of rotatable bonds is 4. The molecule has 2 aliphatic heterocycles. The molecule has 1 fully saturated rings. The fourth-order valence-corrected chi connectivity index (χ4v) is 4.31. The molecule has 1 N–H and O–H groups in total. The summed E-state index contributed by atoms with van der Waals surface area (Å²) in [6.45, 7) is 5.11. The lowest BCUT2D eigenvalue weighted by Crippen LogP contribution is -2.61. The number of aryl methyl sites for hydroxylation is 1. The lowest BCUT2D eigenvalue weighted by atomic mass is 10.2. The Bertz CT molecular complexity index is 1350. The molecule has 1 saturated heterocycles. The number of benzene rings is 1. The Morgan fingerprint density at radius 1 is 1.22 bits per heavy atom. The fourth-order valence-electron chi connectivity index (χ4n) is 4.31. The van der Waals surface area contributed by atoms with Crippen LogP contribution in [0.25, 0.3) is 5.69 Å². The van der Waals surface area contributed by atoms with E-state index in [1.807, 2.05) is 0 Å². The van der Waals surface area contributed by atoms with Crippen LogP contribution in [0.2, 0.25) is 0 Å². The summed E-state index contributed by atoms with van der Waals surface area (Å²) < 4.78 is 42.0. The second kappa shape index (κ2) is 9.71. The first-order valence-corrected chi connectivity index (χ1v) is 11.2. The van der Waals surface area contributed by atoms with Gasteiger partial charge in [0.05, 0.1) is 12.2 Å². The van der Waals surface area contributed by atoms with Crippen molar-refractivity contribution in [2.45, 2.75) is 26.3 Å². The number of halogens is 3. The summed E-state index contributed by atoms with van der Waals surface area (Å²) in [6, 6.07) is 6.68. The molecule has 4 rings (SSSR count). The molecule has 1 atom stereocenters. The molecule has 0 aliphatic carbocycles. The van der Waals surface area contributed by atoms with Gasteiger partial charge in [-0.15, -0.1) is 11.0 Å². The molecule has 192 valence electrons. The maximum atomic E-state index is 13.4. The van der Waals surface area contributed by atoms with Gasteiger partial charge in [-0.2, -0.15) is 13.2 Å². The molecule has 0 saturated carbocycles. The van der Waals surface area contributed by atoms with Crippen LogP contribution >= 0.6 is 0 Å². The Morgan fingerprint density at radius 3 is 2.53 bits per heavy atom. The molecule has 3 heterocycles. The number of carbonyl (C=O) groups excluding carboxylic acids is 1. The van der Waals surface area contributed by atoms with E-state index in [9.17, 15) is 27.6 Å². The van der Waals surface area contributed by atoms with E-state index in [1.54, 1.807) is 43.0 Å². The Hall–Kier alpha value is -3.76. The molecular weight excluding hydrogens is 481 g/mol. The van der Waals surface area contributed by atoms with Gasteiger partial charge in [0.15, 0.2) is 17.8 Å². The highest BCUT2D eigenvalue weighted by atomic mass is 19.4. The maximum Gasteiger partial charge on any atom is 0.493 e. The highest BCUT2D eigenvalue weighted by molar-refractivity contribution is 5.80. The number of nitrogens with zero attached hydrogens (tertiary/aromatic N) is 5. The molecule has 13 heteroatoms. The highest BCUT2D eigenvalue weighted by Gasteiger charge is 2.51. The van der Waals surface area contributed by atoms with Crippen molar-refractivity contribution in [1.29, 1.82) is 0 Å². The monoisotopic (exact) mass is 506 g/mol. The number of aromatic nitrogens is 2. The van der Waals surface area contributed by atoms with E-state index in [4.69, 9.17) is 4.84 Å². The first kappa shape index (κ1) is 25.3. The zero-order chi connectivity index (χ0) is 26.2. The number of fused-ring (bicyclic) bond motifs is 1. The van der Waals surface area contributed by atoms with Gasteiger partial charge in [-0.3, -0.25) is 14.3 Å². The summed E-state index contributed by atoms with van der Waals surface area (Å²) >= 11 is 0. The first-order valence-electron chi connectivity index (χ1n) is 11.2. The number of carbonyl (C=O) groups is 1. The largest absolute Gasteiger partial charge is 0.493 e. The number of anilines is 2. The van der Waals surface area contributed by atoms with Crippen molar-refractivity contribution in [3.05, 3.63) is 50.7 Å². The Morgan fingerprint density at radius 2 is 1.92 bits per heavy atom. The summed E-state index contributed by atoms with van der Waals surface area (Å²) in [4.78, 5) is 47.0. The van der Waals surface area contributed by atoms with Crippen molar-refractivity contribution in [2.24, 2.45) is 7.05 Å². The van der Waals surface area contributed by atoms with E-state index in [0.717, 1.165) is 19.8 Å². The van der Waals surface area contributed by atoms with Crippen LogP contribution in [0.1, 0.15) is 12.5 Å². The van der Waals surface area contributed by atoms with Crippen LogP contribution in [0.4, 0.5) is 24.7 Å². The number of nitrogens with one attached hydrogen (secondary N) is 1. The van der Waals surface area contributed by atoms with Crippen LogP contribution in [0, 0.1) is 18.8 Å². The molecule has 36 heavy (non-hydrogen) atoms. The summed E-state index contributed by atoms with van der Waals surface area (Å²) in [5, 5.41) is 3.88. The van der Waals surface area contributed by atoms with Gasteiger partial charge in [-0.25, -0.2) is 14.2 Å². The van der Waals surface area contributed by atoms with Crippen LogP contribution in [-0.2, 0) is 16.7 Å². The van der Waals surface area contributed by atoms with E-state index in [-0.39, 0.29) is 18.1 Å². The van der Waals surface area contributed by atoms with Gasteiger partial charge in [0.1, 0.15) is 0 Å². The molecule has 1 unspecified atom stereocenters. The molecule has 0 radical (unpaired) electrons. The molecule has 2 aromatic rings. The lowest BCUT2D eigenvalue weighted by molar-refractivity contribution is -0.203. The fraction of sp³-hybridized carbons (Fsp3) is 0.435. The zero-order valence-corrected chi connectivity index (χ0v) is 19.9. The van der Waals surface area contributed by atoms with E-state index < -0.39 is 29.7 Å². The number of hydrogen-bond acceptors (Lipinski definition) is 8.